The fourth-order valence-corrected chi connectivity index (χ4v) is 5.36. The number of carbonyl (C=O) groups excluding carboxylic acids is 5. The molecule has 1 unspecified atom stereocenters. The molecule has 1 aromatic carbocycles. The first kappa shape index (κ1) is 32.4. The number of ether oxygens (including phenoxy) is 1. The van der Waals surface area contributed by atoms with E-state index in [1.54, 1.807) is 19.2 Å². The Bertz CT molecular complexity index is 1150. The number of benzene rings is 1. The topological polar surface area (TPSA) is 143 Å². The van der Waals surface area contributed by atoms with E-state index in [2.05, 4.69) is 21.3 Å². The van der Waals surface area contributed by atoms with Gasteiger partial charge in [-0.25, -0.2) is 0 Å². The van der Waals surface area contributed by atoms with Crippen molar-refractivity contribution in [3.8, 4) is 5.75 Å². The molecule has 41 heavy (non-hydrogen) atoms. The minimum atomic E-state index is -1.18. The van der Waals surface area contributed by atoms with Gasteiger partial charge >= 0.3 is 0 Å². The van der Waals surface area contributed by atoms with E-state index in [4.69, 9.17) is 16.3 Å². The predicted octanol–water partition coefficient (Wildman–Crippen LogP) is 3.01. The highest BCUT2D eigenvalue weighted by atomic mass is 35.5. The zero-order chi connectivity index (χ0) is 30.3. The van der Waals surface area contributed by atoms with E-state index in [-0.39, 0.29) is 42.0 Å². The van der Waals surface area contributed by atoms with Gasteiger partial charge < -0.3 is 26.0 Å². The van der Waals surface area contributed by atoms with Crippen molar-refractivity contribution >= 4 is 41.0 Å². The zero-order valence-electron chi connectivity index (χ0n) is 24.6. The lowest BCUT2D eigenvalue weighted by atomic mass is 9.87. The summed E-state index contributed by atoms with van der Waals surface area (Å²) in [5.74, 6) is -2.73. The Labute approximate surface area is 247 Å². The molecule has 10 nitrogen and oxygen atoms in total. The number of ketones is 1. The van der Waals surface area contributed by atoms with Gasteiger partial charge in [-0.3, -0.25) is 24.0 Å². The van der Waals surface area contributed by atoms with Crippen LogP contribution < -0.4 is 26.0 Å². The molecule has 0 aromatic heterocycles. The summed E-state index contributed by atoms with van der Waals surface area (Å²) in [5.41, 5.74) is 0.469. The van der Waals surface area contributed by atoms with Gasteiger partial charge in [0.2, 0.25) is 23.5 Å². The molecule has 1 aromatic rings. The Morgan fingerprint density at radius 2 is 1.80 bits per heavy atom. The van der Waals surface area contributed by atoms with Crippen molar-refractivity contribution in [3.63, 3.8) is 0 Å². The summed E-state index contributed by atoms with van der Waals surface area (Å²) in [6, 6.07) is 3.16. The molecule has 4 N–H and O–H groups in total. The van der Waals surface area contributed by atoms with Gasteiger partial charge in [0.25, 0.3) is 5.91 Å². The van der Waals surface area contributed by atoms with Crippen molar-refractivity contribution in [1.29, 1.82) is 0 Å². The Morgan fingerprint density at radius 3 is 2.34 bits per heavy atom. The van der Waals surface area contributed by atoms with Gasteiger partial charge in [0.1, 0.15) is 11.8 Å². The van der Waals surface area contributed by atoms with Crippen molar-refractivity contribution in [2.24, 2.45) is 11.3 Å². The summed E-state index contributed by atoms with van der Waals surface area (Å²) >= 11 is 6.47. The summed E-state index contributed by atoms with van der Waals surface area (Å²) in [5, 5.41) is 11.5. The second-order valence-electron chi connectivity index (χ2n) is 12.3. The van der Waals surface area contributed by atoms with Gasteiger partial charge in [0.15, 0.2) is 0 Å². The highest BCUT2D eigenvalue weighted by Gasteiger charge is 2.37. The minimum absolute atomic E-state index is 0.0125. The molecule has 3 rings (SSSR count). The average molecular weight is 591 g/mol. The standard InChI is InChI=1S/C30H43ClN4O6/c1-6-17(21-10-9-20(41-5)15-22(21)31)14-25(36)34-24(16-30(2,3)4)28(39)35-23(13-18-11-12-32-27(18)38)26(37)29(40)33-19-7-8-19/h9-10,15,17-19,23-24H,6-8,11-14,16H2,1-5H3,(H,32,38)(H,33,40)(H,34,36)(H,35,39)/t17-,18+,23?,24+/m1/s1. The van der Waals surface area contributed by atoms with Crippen molar-refractivity contribution < 1.29 is 28.7 Å². The smallest absolute Gasteiger partial charge is 0.289 e. The van der Waals surface area contributed by atoms with Crippen molar-refractivity contribution in [2.45, 2.75) is 96.7 Å². The Hall–Kier alpha value is -3.14. The van der Waals surface area contributed by atoms with Gasteiger partial charge in [-0.2, -0.15) is 0 Å². The van der Waals surface area contributed by atoms with Crippen LogP contribution in [0.4, 0.5) is 0 Å². The molecule has 1 aliphatic heterocycles. The van der Waals surface area contributed by atoms with Crippen molar-refractivity contribution in [3.05, 3.63) is 28.8 Å². The number of amides is 4. The van der Waals surface area contributed by atoms with Crippen LogP contribution in [0.25, 0.3) is 0 Å². The fraction of sp³-hybridized carbons (Fsp3) is 0.633. The maximum Gasteiger partial charge on any atom is 0.289 e. The molecule has 0 bridgehead atoms. The third-order valence-corrected chi connectivity index (χ3v) is 7.82. The number of methoxy groups -OCH3 is 1. The molecule has 1 aliphatic carbocycles. The summed E-state index contributed by atoms with van der Waals surface area (Å²) in [4.78, 5) is 64.8. The van der Waals surface area contributed by atoms with Gasteiger partial charge in [-0.1, -0.05) is 45.4 Å². The highest BCUT2D eigenvalue weighted by Crippen LogP contribution is 2.32. The maximum atomic E-state index is 13.6. The van der Waals surface area contributed by atoms with E-state index in [1.165, 1.54) is 0 Å². The lowest BCUT2D eigenvalue weighted by Crippen LogP contribution is -2.55. The molecule has 4 atom stereocenters. The predicted molar refractivity (Wildman–Crippen MR) is 155 cm³/mol. The first-order valence-electron chi connectivity index (χ1n) is 14.4. The number of nitrogens with one attached hydrogen (secondary N) is 4. The summed E-state index contributed by atoms with van der Waals surface area (Å²) in [6.45, 7) is 8.27. The lowest BCUT2D eigenvalue weighted by Gasteiger charge is -2.29. The van der Waals surface area contributed by atoms with Crippen LogP contribution in [0.15, 0.2) is 18.2 Å². The SMILES string of the molecule is CC[C@H](CC(=O)N[C@@H](CC(C)(C)C)C(=O)NC(C[C@@H]1CCNC1=O)C(=O)C(=O)NC1CC1)c1ccc(OC)cc1Cl. The second kappa shape index (κ2) is 14.2. The van der Waals surface area contributed by atoms with Crippen molar-refractivity contribution in [2.75, 3.05) is 13.7 Å². The van der Waals surface area contributed by atoms with Crippen LogP contribution in [0.5, 0.6) is 5.75 Å². The summed E-state index contributed by atoms with van der Waals surface area (Å²) < 4.78 is 5.22. The lowest BCUT2D eigenvalue weighted by molar-refractivity contribution is -0.141. The monoisotopic (exact) mass is 590 g/mol. The second-order valence-corrected chi connectivity index (χ2v) is 12.7. The van der Waals surface area contributed by atoms with Gasteiger partial charge in [-0.15, -0.1) is 0 Å². The first-order chi connectivity index (χ1) is 19.3. The molecular formula is C30H43ClN4O6. The van der Waals surface area contributed by atoms with Crippen LogP contribution in [0.2, 0.25) is 5.02 Å². The van der Waals surface area contributed by atoms with Crippen LogP contribution in [-0.2, 0) is 24.0 Å². The molecular weight excluding hydrogens is 548 g/mol. The summed E-state index contributed by atoms with van der Waals surface area (Å²) in [6.07, 6.45) is 3.18. The van der Waals surface area contributed by atoms with E-state index in [1.807, 2.05) is 33.8 Å². The molecule has 0 radical (unpaired) electrons. The average Bonchev–Trinajstić information content (AvgIpc) is 3.63. The largest absolute Gasteiger partial charge is 0.497 e. The van der Waals surface area contributed by atoms with Crippen LogP contribution in [0.3, 0.4) is 0 Å². The van der Waals surface area contributed by atoms with E-state index < -0.39 is 35.6 Å². The number of hydrogen-bond donors (Lipinski definition) is 4. The molecule has 4 amide bonds. The van der Waals surface area contributed by atoms with Gasteiger partial charge in [0.05, 0.1) is 13.2 Å². The van der Waals surface area contributed by atoms with E-state index in [9.17, 15) is 24.0 Å². The van der Waals surface area contributed by atoms with E-state index in [0.29, 0.717) is 36.6 Å². The Kier molecular flexibility index (Phi) is 11.2. The third kappa shape index (κ3) is 9.73. The first-order valence-corrected chi connectivity index (χ1v) is 14.7. The van der Waals surface area contributed by atoms with Crippen LogP contribution in [-0.4, -0.2) is 61.2 Å². The number of carbonyl (C=O) groups is 5. The van der Waals surface area contributed by atoms with Crippen LogP contribution in [0.1, 0.15) is 84.1 Å². The molecule has 1 saturated carbocycles. The Morgan fingerprint density at radius 1 is 1.10 bits per heavy atom. The molecule has 226 valence electrons. The highest BCUT2D eigenvalue weighted by molar-refractivity contribution is 6.38. The van der Waals surface area contributed by atoms with Crippen molar-refractivity contribution in [1.82, 2.24) is 21.3 Å². The number of hydrogen-bond acceptors (Lipinski definition) is 6. The van der Waals surface area contributed by atoms with Gasteiger partial charge in [0, 0.05) is 29.9 Å². The van der Waals surface area contributed by atoms with Gasteiger partial charge in [-0.05, 0) is 67.6 Å². The third-order valence-electron chi connectivity index (χ3n) is 7.49. The van der Waals surface area contributed by atoms with E-state index in [0.717, 1.165) is 18.4 Å². The van der Waals surface area contributed by atoms with Crippen LogP contribution in [0, 0.1) is 11.3 Å². The number of rotatable bonds is 14. The van der Waals surface area contributed by atoms with E-state index >= 15 is 0 Å². The molecule has 11 heteroatoms. The number of Topliss-reactive ketones (excluding diaryl/α,β-unsaturated/α-hetero) is 1. The molecule has 0 spiro atoms. The molecule has 2 fully saturated rings. The quantitative estimate of drug-likeness (QED) is 0.245. The van der Waals surface area contributed by atoms with Crippen LogP contribution >= 0.6 is 11.6 Å². The Balaban J connectivity index is 1.75. The molecule has 2 aliphatic rings. The zero-order valence-corrected chi connectivity index (χ0v) is 25.4. The maximum absolute atomic E-state index is 13.6. The summed E-state index contributed by atoms with van der Waals surface area (Å²) in [7, 11) is 1.55. The minimum Gasteiger partial charge on any atom is -0.497 e. The molecule has 1 saturated heterocycles. The molecule has 1 heterocycles. The fourth-order valence-electron chi connectivity index (χ4n) is 5.04. The number of halogens is 1. The normalized spacial score (nSPS) is 19.0.